The lowest BCUT2D eigenvalue weighted by molar-refractivity contribution is 0.454. The molecular weight excluding hydrogens is 1620 g/mol. The highest BCUT2D eigenvalue weighted by Gasteiger charge is 2.38. The summed E-state index contributed by atoms with van der Waals surface area (Å²) in [5, 5.41) is 16.5. The SMILES string of the molecule is Brc1ccc2c(c1)c1cc3ccn(-c4ccccc4)c3cc1n2-c1ccccc1.CC1(C)c2ccccc2-c2ccc(N(c3ccc(-c4ccccc4)cc3)c3ccc(-c4ccc5c(c4)c4cc6ccn(-c7ccccc7)c6cc4n5-c4ccccc4)cc3)cc21.CC1(C)c2ccccc2-c2ccc(N(c3ccc(O[B]O)cc3)c3ccc(-c4ccccc4)cc3)cc21. The molecule has 0 fully saturated rings. The summed E-state index contributed by atoms with van der Waals surface area (Å²) in [6.07, 6.45) is 4.34. The Hall–Kier alpha value is -15.5. The van der Waals surface area contributed by atoms with E-state index in [0.29, 0.717) is 13.4 Å². The average molecular weight is 1710 g/mol. The topological polar surface area (TPSA) is 55.7 Å². The van der Waals surface area contributed by atoms with Gasteiger partial charge in [0.1, 0.15) is 5.75 Å². The van der Waals surface area contributed by atoms with Crippen molar-refractivity contribution in [3.8, 4) is 84.1 Å². The van der Waals surface area contributed by atoms with Gasteiger partial charge in [0.25, 0.3) is 0 Å². The Balaban J connectivity index is 0.000000124. The van der Waals surface area contributed by atoms with Crippen LogP contribution in [0.25, 0.3) is 144 Å². The molecule has 4 heterocycles. The molecule has 0 unspecified atom stereocenters. The van der Waals surface area contributed by atoms with Crippen LogP contribution in [-0.2, 0) is 10.8 Å². The molecule has 0 amide bonds. The minimum Gasteiger partial charge on any atom is -0.537 e. The van der Waals surface area contributed by atoms with Crippen molar-refractivity contribution in [1.29, 1.82) is 0 Å². The van der Waals surface area contributed by atoms with Gasteiger partial charge in [-0.2, -0.15) is 0 Å². The number of nitrogens with zero attached hydrogens (tertiary/aromatic N) is 6. The van der Waals surface area contributed by atoms with Crippen LogP contribution in [0.15, 0.2) is 454 Å². The predicted octanol–water partition coefficient (Wildman–Crippen LogP) is 31.4. The van der Waals surface area contributed by atoms with E-state index in [2.05, 4.69) is 491 Å². The molecule has 0 saturated heterocycles. The zero-order valence-electron chi connectivity index (χ0n) is 71.2. The second-order valence-corrected chi connectivity index (χ2v) is 35.1. The predicted molar refractivity (Wildman–Crippen MR) is 539 cm³/mol. The molecule has 0 bridgehead atoms. The number of halogens is 1. The van der Waals surface area contributed by atoms with Crippen LogP contribution in [0.1, 0.15) is 49.9 Å². The lowest BCUT2D eigenvalue weighted by atomic mass is 9.82. The van der Waals surface area contributed by atoms with Gasteiger partial charge in [-0.15, -0.1) is 0 Å². The van der Waals surface area contributed by atoms with Crippen LogP contribution in [0.5, 0.6) is 5.75 Å². The standard InChI is InChI=1S/C59H43N3.C33H27BNO2.C26H17BrN2/c1-59(2)54-21-13-12-20-50(54)51-32-31-49(38-55(51)59)61(47-27-22-41(23-28-47)40-14-6-3-7-15-40)48-29-24-42(25-30-48)43-26-33-56-52(36-43)53-37-44-34-35-60(45-16-8-4-9-17-45)57(44)39-58(53)62(56)46-18-10-5-11-19-46;1-33(2)31-11-7-6-10-29(31)30-21-18-27(22-32(30)33)35(26-16-19-28(20-17-26)37-34-36)25-14-12-24(13-15-25)23-8-4-3-5-9-23;27-19-11-12-24-23(16-19)22-15-18-13-14-28(20-7-3-1-4-8-20)25(18)17-26(22)29(24)21-9-5-2-6-10-21/h3-39H,1-2H3;3-22,36H,1-2H3;1-17H. The van der Waals surface area contributed by atoms with E-state index < -0.39 is 0 Å². The minimum atomic E-state index is -0.103. The van der Waals surface area contributed by atoms with Crippen LogP contribution < -0.4 is 14.5 Å². The zero-order chi connectivity index (χ0) is 86.1. The van der Waals surface area contributed by atoms with Crippen LogP contribution in [-0.4, -0.2) is 31.0 Å². The molecule has 128 heavy (non-hydrogen) atoms. The van der Waals surface area contributed by atoms with Gasteiger partial charge < -0.3 is 37.7 Å². The first-order valence-corrected chi connectivity index (χ1v) is 44.4. The van der Waals surface area contributed by atoms with Crippen molar-refractivity contribution < 1.29 is 9.68 Å². The molecule has 4 aromatic heterocycles. The highest BCUT2D eigenvalue weighted by Crippen LogP contribution is 2.54. The average Bonchev–Trinajstić information content (AvgIpc) is 1.58. The Bertz CT molecular complexity index is 7910. The molecule has 1 radical (unpaired) electrons. The van der Waals surface area contributed by atoms with E-state index in [1.165, 1.54) is 155 Å². The quantitative estimate of drug-likeness (QED) is 0.104. The number of para-hydroxylation sites is 4. The number of fused-ring (bicyclic) bond motifs is 14. The fourth-order valence-electron chi connectivity index (χ4n) is 19.7. The van der Waals surface area contributed by atoms with Crippen LogP contribution in [0.2, 0.25) is 0 Å². The van der Waals surface area contributed by atoms with Gasteiger partial charge in [-0.1, -0.05) is 280 Å². The van der Waals surface area contributed by atoms with Crippen molar-refractivity contribution in [3.05, 3.63) is 476 Å². The van der Waals surface area contributed by atoms with E-state index in [9.17, 15) is 0 Å². The Kier molecular flexibility index (Phi) is 20.0. The third-order valence-corrected chi connectivity index (χ3v) is 26.6. The summed E-state index contributed by atoms with van der Waals surface area (Å²) < 4.78 is 15.6. The third kappa shape index (κ3) is 14.0. The monoisotopic (exact) mass is 1710 g/mol. The normalized spacial score (nSPS) is 12.6. The van der Waals surface area contributed by atoms with Gasteiger partial charge >= 0.3 is 7.69 Å². The maximum absolute atomic E-state index is 9.03. The van der Waals surface area contributed by atoms with E-state index in [1.807, 2.05) is 30.3 Å². The van der Waals surface area contributed by atoms with Crippen LogP contribution in [0.3, 0.4) is 0 Å². The van der Waals surface area contributed by atoms with Crippen molar-refractivity contribution in [2.45, 2.75) is 38.5 Å². The molecule has 2 aliphatic carbocycles. The van der Waals surface area contributed by atoms with Crippen molar-refractivity contribution in [2.75, 3.05) is 9.80 Å². The van der Waals surface area contributed by atoms with Crippen molar-refractivity contribution >= 4 is 123 Å². The van der Waals surface area contributed by atoms with Gasteiger partial charge in [-0.05, 0) is 278 Å². The van der Waals surface area contributed by atoms with Gasteiger partial charge in [0.2, 0.25) is 0 Å². The second kappa shape index (κ2) is 32.6. The van der Waals surface area contributed by atoms with E-state index in [1.54, 1.807) is 0 Å². The first-order valence-electron chi connectivity index (χ1n) is 43.6. The van der Waals surface area contributed by atoms with Crippen LogP contribution in [0, 0.1) is 0 Å². The Morgan fingerprint density at radius 2 is 0.578 bits per heavy atom. The summed E-state index contributed by atoms with van der Waals surface area (Å²) >= 11 is 3.65. The molecule has 24 rings (SSSR count). The zero-order valence-corrected chi connectivity index (χ0v) is 72.8. The lowest BCUT2D eigenvalue weighted by Crippen LogP contribution is -2.16. The summed E-state index contributed by atoms with van der Waals surface area (Å²) in [7, 11) is 0.704. The highest BCUT2D eigenvalue weighted by atomic mass is 79.9. The molecule has 2 aliphatic rings. The molecule has 22 aromatic rings. The summed E-state index contributed by atoms with van der Waals surface area (Å²) in [6, 6.07) is 157. The fourth-order valence-corrected chi connectivity index (χ4v) is 20.1. The molecule has 0 atom stereocenters. The van der Waals surface area contributed by atoms with Gasteiger partial charge in [0.05, 0.1) is 33.1 Å². The minimum absolute atomic E-state index is 0.0839. The summed E-state index contributed by atoms with van der Waals surface area (Å²) in [5.41, 5.74) is 36.1. The number of anilines is 6. The molecular formula is C118H87BBrN6O2. The number of hydrogen-bond donors (Lipinski definition) is 1. The Labute approximate surface area is 754 Å². The third-order valence-electron chi connectivity index (χ3n) is 26.1. The number of hydrogen-bond acceptors (Lipinski definition) is 4. The van der Waals surface area contributed by atoms with E-state index in [-0.39, 0.29) is 10.8 Å². The lowest BCUT2D eigenvalue weighted by Gasteiger charge is -2.28. The molecule has 611 valence electrons. The highest BCUT2D eigenvalue weighted by molar-refractivity contribution is 9.10. The second-order valence-electron chi connectivity index (χ2n) is 34.2. The van der Waals surface area contributed by atoms with E-state index in [4.69, 9.17) is 9.68 Å². The maximum atomic E-state index is 9.03. The van der Waals surface area contributed by atoms with Crippen molar-refractivity contribution in [3.63, 3.8) is 0 Å². The molecule has 0 aliphatic heterocycles. The molecule has 10 heteroatoms. The van der Waals surface area contributed by atoms with Crippen LogP contribution in [0.4, 0.5) is 34.1 Å². The number of rotatable bonds is 15. The summed E-state index contributed by atoms with van der Waals surface area (Å²) in [4.78, 5) is 4.67. The van der Waals surface area contributed by atoms with Gasteiger partial charge in [0, 0.05) is 117 Å². The van der Waals surface area contributed by atoms with Crippen molar-refractivity contribution in [2.24, 2.45) is 0 Å². The number of benzene rings is 18. The number of aromatic nitrogens is 4. The van der Waals surface area contributed by atoms with Crippen molar-refractivity contribution in [1.82, 2.24) is 18.3 Å². The summed E-state index contributed by atoms with van der Waals surface area (Å²) in [6.45, 7) is 9.31. The fraction of sp³-hybridized carbons (Fsp3) is 0.0508. The molecule has 8 nitrogen and oxygen atoms in total. The molecule has 0 saturated carbocycles. The molecule has 18 aromatic carbocycles. The van der Waals surface area contributed by atoms with Gasteiger partial charge in [-0.3, -0.25) is 0 Å². The summed E-state index contributed by atoms with van der Waals surface area (Å²) in [5.74, 6) is 0.580. The largest absolute Gasteiger partial charge is 0.569 e. The maximum Gasteiger partial charge on any atom is 0.569 e. The molecule has 0 spiro atoms. The van der Waals surface area contributed by atoms with Crippen LogP contribution >= 0.6 is 15.9 Å². The van der Waals surface area contributed by atoms with Gasteiger partial charge in [-0.25, -0.2) is 0 Å². The van der Waals surface area contributed by atoms with E-state index >= 15 is 0 Å². The van der Waals surface area contributed by atoms with Gasteiger partial charge in [0.15, 0.2) is 0 Å². The molecule has 1 N–H and O–H groups in total. The first kappa shape index (κ1) is 78.5. The Morgan fingerprint density at radius 3 is 0.992 bits per heavy atom. The Morgan fingerprint density at radius 1 is 0.258 bits per heavy atom. The smallest absolute Gasteiger partial charge is 0.537 e. The van der Waals surface area contributed by atoms with E-state index in [0.717, 1.165) is 50.0 Å². The first-order chi connectivity index (χ1) is 62.8.